The summed E-state index contributed by atoms with van der Waals surface area (Å²) in [6.07, 6.45) is 1.96. The third-order valence-electron chi connectivity index (χ3n) is 2.37. The Morgan fingerprint density at radius 3 is 2.65 bits per heavy atom. The van der Waals surface area contributed by atoms with Crippen molar-refractivity contribution < 1.29 is 14.3 Å². The Morgan fingerprint density at radius 1 is 1.40 bits per heavy atom. The fraction of sp³-hybridized carbons (Fsp3) is 0.571. The molecule has 20 heavy (non-hydrogen) atoms. The molecule has 6 nitrogen and oxygen atoms in total. The highest BCUT2D eigenvalue weighted by molar-refractivity contribution is 5.67. The van der Waals surface area contributed by atoms with Gasteiger partial charge in [-0.2, -0.15) is 0 Å². The minimum atomic E-state index is -0.475. The molecule has 1 aromatic rings. The minimum absolute atomic E-state index is 0.327. The quantitative estimate of drug-likeness (QED) is 0.838. The van der Waals surface area contributed by atoms with Crippen LogP contribution in [0, 0.1) is 0 Å². The number of ether oxygens (including phenoxy) is 2. The molecule has 112 valence electrons. The molecule has 1 rings (SSSR count). The summed E-state index contributed by atoms with van der Waals surface area (Å²) in [5.74, 6) is 1.13. The smallest absolute Gasteiger partial charge is 0.410 e. The van der Waals surface area contributed by atoms with Crippen LogP contribution in [0.1, 0.15) is 27.2 Å². The third-order valence-corrected chi connectivity index (χ3v) is 2.37. The molecule has 0 saturated heterocycles. The molecule has 0 fully saturated rings. The number of pyridine rings is 1. The maximum Gasteiger partial charge on any atom is 0.410 e. The molecule has 0 aromatic carbocycles. The van der Waals surface area contributed by atoms with Gasteiger partial charge in [0.05, 0.1) is 12.8 Å². The van der Waals surface area contributed by atoms with Crippen molar-refractivity contribution >= 4 is 11.9 Å². The molecule has 0 aliphatic carbocycles. The summed E-state index contributed by atoms with van der Waals surface area (Å²) in [4.78, 5) is 17.2. The van der Waals surface area contributed by atoms with Gasteiger partial charge >= 0.3 is 6.09 Å². The molecule has 1 amide bonds. The second-order valence-electron chi connectivity index (χ2n) is 5.52. The maximum atomic E-state index is 11.7. The van der Waals surface area contributed by atoms with Gasteiger partial charge in [-0.3, -0.25) is 0 Å². The van der Waals surface area contributed by atoms with Gasteiger partial charge in [0.25, 0.3) is 0 Å². The first kappa shape index (κ1) is 16.1. The number of nitrogens with zero attached hydrogens (tertiary/aromatic N) is 2. The van der Waals surface area contributed by atoms with E-state index in [0.717, 1.165) is 0 Å². The van der Waals surface area contributed by atoms with Gasteiger partial charge in [0.1, 0.15) is 17.2 Å². The first-order valence-corrected chi connectivity index (χ1v) is 6.56. The van der Waals surface area contributed by atoms with Crippen LogP contribution in [0.15, 0.2) is 18.3 Å². The van der Waals surface area contributed by atoms with Crippen LogP contribution in [0.4, 0.5) is 10.6 Å². The molecule has 2 N–H and O–H groups in total. The summed E-state index contributed by atoms with van der Waals surface area (Å²) in [5, 5.41) is 0. The van der Waals surface area contributed by atoms with Crippen LogP contribution >= 0.6 is 0 Å². The van der Waals surface area contributed by atoms with Crippen molar-refractivity contribution in [2.75, 3.05) is 25.9 Å². The zero-order valence-corrected chi connectivity index (χ0v) is 12.5. The topological polar surface area (TPSA) is 77.7 Å². The number of hydrogen-bond donors (Lipinski definition) is 1. The van der Waals surface area contributed by atoms with Crippen LogP contribution in [0.3, 0.4) is 0 Å². The van der Waals surface area contributed by atoms with E-state index in [1.807, 2.05) is 20.8 Å². The normalized spacial score (nSPS) is 11.0. The van der Waals surface area contributed by atoms with Gasteiger partial charge in [-0.25, -0.2) is 9.78 Å². The summed E-state index contributed by atoms with van der Waals surface area (Å²) in [5.41, 5.74) is 5.01. The van der Waals surface area contributed by atoms with E-state index in [4.69, 9.17) is 15.2 Å². The summed E-state index contributed by atoms with van der Waals surface area (Å²) in [7, 11) is 1.71. The molecule has 0 aliphatic heterocycles. The monoisotopic (exact) mass is 281 g/mol. The minimum Gasteiger partial charge on any atom is -0.492 e. The number of carbonyl (C=O) groups excluding carboxylic acids is 1. The van der Waals surface area contributed by atoms with E-state index in [2.05, 4.69) is 4.98 Å². The summed E-state index contributed by atoms with van der Waals surface area (Å²) in [6.45, 7) is 6.60. The Kier molecular flexibility index (Phi) is 5.61. The lowest BCUT2D eigenvalue weighted by Gasteiger charge is -2.24. The summed E-state index contributed by atoms with van der Waals surface area (Å²) >= 11 is 0. The van der Waals surface area contributed by atoms with Crippen molar-refractivity contribution in [3.05, 3.63) is 18.3 Å². The number of aromatic nitrogens is 1. The van der Waals surface area contributed by atoms with Gasteiger partial charge < -0.3 is 20.1 Å². The molecule has 0 saturated carbocycles. The van der Waals surface area contributed by atoms with Crippen LogP contribution in [0.25, 0.3) is 0 Å². The second kappa shape index (κ2) is 6.98. The lowest BCUT2D eigenvalue weighted by atomic mass is 10.2. The van der Waals surface area contributed by atoms with Crippen LogP contribution in [-0.2, 0) is 4.74 Å². The van der Waals surface area contributed by atoms with Crippen LogP contribution < -0.4 is 10.5 Å². The molecule has 1 heterocycles. The number of nitrogens with two attached hydrogens (primary N) is 1. The fourth-order valence-electron chi connectivity index (χ4n) is 1.40. The zero-order chi connectivity index (χ0) is 15.2. The van der Waals surface area contributed by atoms with Gasteiger partial charge in [0, 0.05) is 13.6 Å². The van der Waals surface area contributed by atoms with Gasteiger partial charge in [0.15, 0.2) is 0 Å². The molecule has 0 bridgehead atoms. The Balaban J connectivity index is 2.23. The fourth-order valence-corrected chi connectivity index (χ4v) is 1.40. The van der Waals surface area contributed by atoms with Crippen LogP contribution in [-0.4, -0.2) is 41.8 Å². The first-order valence-electron chi connectivity index (χ1n) is 6.56. The van der Waals surface area contributed by atoms with Crippen molar-refractivity contribution in [2.45, 2.75) is 32.8 Å². The molecule has 0 spiro atoms. The van der Waals surface area contributed by atoms with Crippen molar-refractivity contribution in [3.63, 3.8) is 0 Å². The molecule has 0 unspecified atom stereocenters. The SMILES string of the molecule is CN(CCCOc1ccc(N)nc1)C(=O)OC(C)(C)C. The van der Waals surface area contributed by atoms with Crippen molar-refractivity contribution in [1.82, 2.24) is 9.88 Å². The Morgan fingerprint density at radius 2 is 2.10 bits per heavy atom. The second-order valence-corrected chi connectivity index (χ2v) is 5.52. The van der Waals surface area contributed by atoms with Gasteiger partial charge in [-0.05, 0) is 39.3 Å². The van der Waals surface area contributed by atoms with E-state index < -0.39 is 5.60 Å². The van der Waals surface area contributed by atoms with Crippen LogP contribution in [0.5, 0.6) is 5.75 Å². The lowest BCUT2D eigenvalue weighted by Crippen LogP contribution is -2.35. The molecular weight excluding hydrogens is 258 g/mol. The predicted molar refractivity (Wildman–Crippen MR) is 77.6 cm³/mol. The molecule has 0 radical (unpaired) electrons. The van der Waals surface area contributed by atoms with E-state index in [0.29, 0.717) is 31.1 Å². The number of hydrogen-bond acceptors (Lipinski definition) is 5. The molecule has 0 atom stereocenters. The number of carbonyl (C=O) groups is 1. The molecule has 0 aliphatic rings. The Labute approximate surface area is 119 Å². The van der Waals surface area contributed by atoms with Crippen molar-refractivity contribution in [1.29, 1.82) is 0 Å². The van der Waals surface area contributed by atoms with E-state index in [-0.39, 0.29) is 6.09 Å². The highest BCUT2D eigenvalue weighted by Crippen LogP contribution is 2.11. The molecular formula is C14H23N3O3. The average Bonchev–Trinajstić information content (AvgIpc) is 2.34. The van der Waals surface area contributed by atoms with E-state index >= 15 is 0 Å². The zero-order valence-electron chi connectivity index (χ0n) is 12.5. The first-order chi connectivity index (χ1) is 9.28. The average molecular weight is 281 g/mol. The maximum absolute atomic E-state index is 11.7. The summed E-state index contributed by atoms with van der Waals surface area (Å²) in [6, 6.07) is 3.45. The van der Waals surface area contributed by atoms with E-state index in [1.165, 1.54) is 4.90 Å². The number of nitrogen functional groups attached to an aromatic ring is 1. The third kappa shape index (κ3) is 6.26. The number of rotatable bonds is 5. The van der Waals surface area contributed by atoms with Gasteiger partial charge in [-0.15, -0.1) is 0 Å². The summed E-state index contributed by atoms with van der Waals surface area (Å²) < 4.78 is 10.7. The molecule has 1 aromatic heterocycles. The predicted octanol–water partition coefficient (Wildman–Crippen LogP) is 2.30. The number of anilines is 1. The highest BCUT2D eigenvalue weighted by Gasteiger charge is 2.19. The van der Waals surface area contributed by atoms with Crippen molar-refractivity contribution in [3.8, 4) is 5.75 Å². The lowest BCUT2D eigenvalue weighted by molar-refractivity contribution is 0.0292. The highest BCUT2D eigenvalue weighted by atomic mass is 16.6. The van der Waals surface area contributed by atoms with Crippen LogP contribution in [0.2, 0.25) is 0 Å². The van der Waals surface area contributed by atoms with Gasteiger partial charge in [-0.1, -0.05) is 0 Å². The Bertz CT molecular complexity index is 426. The van der Waals surface area contributed by atoms with E-state index in [9.17, 15) is 4.79 Å². The number of amides is 1. The standard InChI is InChI=1S/C14H23N3O3/c1-14(2,3)20-13(18)17(4)8-5-9-19-11-6-7-12(15)16-10-11/h6-7,10H,5,8-9H2,1-4H3,(H2,15,16). The van der Waals surface area contributed by atoms with Crippen molar-refractivity contribution in [2.24, 2.45) is 0 Å². The largest absolute Gasteiger partial charge is 0.492 e. The Hall–Kier alpha value is -1.98. The molecule has 6 heteroatoms. The van der Waals surface area contributed by atoms with E-state index in [1.54, 1.807) is 25.4 Å². The van der Waals surface area contributed by atoms with Gasteiger partial charge in [0.2, 0.25) is 0 Å².